The normalized spacial score (nSPS) is 14.2. The van der Waals surface area contributed by atoms with E-state index in [0.717, 1.165) is 19.3 Å². The largest absolute Gasteiger partial charge is 0.321 e. The van der Waals surface area contributed by atoms with Crippen molar-refractivity contribution in [1.82, 2.24) is 0 Å². The summed E-state index contributed by atoms with van der Waals surface area (Å²) in [5.74, 6) is 0.209. The molecule has 0 bridgehead atoms. The Kier molecular flexibility index (Phi) is 5.23. The highest BCUT2D eigenvalue weighted by Gasteiger charge is 2.26. The number of hydrogen-bond donors (Lipinski definition) is 1. The van der Waals surface area contributed by atoms with E-state index in [4.69, 9.17) is 5.73 Å². The monoisotopic (exact) mass is 185 g/mol. The van der Waals surface area contributed by atoms with E-state index in [0.29, 0.717) is 6.42 Å². The van der Waals surface area contributed by atoms with E-state index < -0.39 is 0 Å². The molecule has 0 aliphatic heterocycles. The van der Waals surface area contributed by atoms with Crippen LogP contribution in [0.5, 0.6) is 0 Å². The van der Waals surface area contributed by atoms with Crippen LogP contribution in [0.25, 0.3) is 0 Å². The van der Waals surface area contributed by atoms with Crippen LogP contribution in [0.1, 0.15) is 53.4 Å². The Morgan fingerprint density at radius 1 is 1.31 bits per heavy atom. The number of hydrogen-bond acceptors (Lipinski definition) is 2. The fraction of sp³-hybridized carbons (Fsp3) is 0.909. The van der Waals surface area contributed by atoms with Gasteiger partial charge in [-0.1, -0.05) is 40.5 Å². The molecule has 0 aromatic rings. The minimum atomic E-state index is -0.302. The van der Waals surface area contributed by atoms with Crippen LogP contribution in [-0.4, -0.2) is 11.8 Å². The molecular formula is C11H23NO. The van der Waals surface area contributed by atoms with Gasteiger partial charge in [0.05, 0.1) is 6.04 Å². The topological polar surface area (TPSA) is 43.1 Å². The van der Waals surface area contributed by atoms with Crippen molar-refractivity contribution in [2.45, 2.75) is 59.4 Å². The average molecular weight is 185 g/mol. The van der Waals surface area contributed by atoms with Crippen molar-refractivity contribution in [1.29, 1.82) is 0 Å². The zero-order chi connectivity index (χ0) is 10.5. The molecule has 0 amide bonds. The molecule has 13 heavy (non-hydrogen) atoms. The Labute approximate surface area is 81.9 Å². The van der Waals surface area contributed by atoms with E-state index in [1.807, 2.05) is 20.8 Å². The molecule has 0 radical (unpaired) electrons. The van der Waals surface area contributed by atoms with E-state index in [-0.39, 0.29) is 17.2 Å². The maximum absolute atomic E-state index is 11.5. The molecule has 0 saturated carbocycles. The second kappa shape index (κ2) is 5.38. The van der Waals surface area contributed by atoms with E-state index >= 15 is 0 Å². The summed E-state index contributed by atoms with van der Waals surface area (Å²) in [6.07, 6.45) is 3.91. The van der Waals surface area contributed by atoms with Gasteiger partial charge in [-0.05, 0) is 11.8 Å². The minimum absolute atomic E-state index is 0.0940. The van der Waals surface area contributed by atoms with Crippen LogP contribution < -0.4 is 5.73 Å². The molecule has 0 spiro atoms. The molecule has 0 aliphatic carbocycles. The third-order valence-electron chi connectivity index (χ3n) is 2.31. The van der Waals surface area contributed by atoms with Gasteiger partial charge in [0, 0.05) is 6.42 Å². The lowest BCUT2D eigenvalue weighted by atomic mass is 9.83. The maximum atomic E-state index is 11.5. The van der Waals surface area contributed by atoms with E-state index in [9.17, 15) is 4.79 Å². The standard InChI is InChI=1S/C11H23NO/c1-5-6-7-8-9(13)10(12)11(2,3)4/h10H,5-8,12H2,1-4H3. The molecular weight excluding hydrogens is 162 g/mol. The van der Waals surface area contributed by atoms with Crippen molar-refractivity contribution >= 4 is 5.78 Å². The first-order valence-electron chi connectivity index (χ1n) is 5.18. The van der Waals surface area contributed by atoms with Crippen molar-refractivity contribution in [3.05, 3.63) is 0 Å². The first kappa shape index (κ1) is 12.6. The van der Waals surface area contributed by atoms with Gasteiger partial charge in [0.2, 0.25) is 0 Å². The zero-order valence-electron chi connectivity index (χ0n) is 9.39. The predicted octanol–water partition coefficient (Wildman–Crippen LogP) is 2.51. The molecule has 78 valence electrons. The van der Waals surface area contributed by atoms with Gasteiger partial charge in [0.15, 0.2) is 0 Å². The maximum Gasteiger partial charge on any atom is 0.150 e. The Morgan fingerprint density at radius 3 is 2.23 bits per heavy atom. The number of carbonyl (C=O) groups excluding carboxylic acids is 1. The van der Waals surface area contributed by atoms with Crippen LogP contribution in [0.15, 0.2) is 0 Å². The summed E-state index contributed by atoms with van der Waals surface area (Å²) in [5, 5.41) is 0. The minimum Gasteiger partial charge on any atom is -0.321 e. The van der Waals surface area contributed by atoms with Gasteiger partial charge in [-0.3, -0.25) is 4.79 Å². The zero-order valence-corrected chi connectivity index (χ0v) is 9.39. The van der Waals surface area contributed by atoms with Crippen molar-refractivity contribution in [3.8, 4) is 0 Å². The van der Waals surface area contributed by atoms with Crippen molar-refractivity contribution in [3.63, 3.8) is 0 Å². The third kappa shape index (κ3) is 5.04. The lowest BCUT2D eigenvalue weighted by Crippen LogP contribution is -2.42. The number of Topliss-reactive ketones (excluding diaryl/α,β-unsaturated/α-hetero) is 1. The molecule has 2 N–H and O–H groups in total. The van der Waals surface area contributed by atoms with Gasteiger partial charge < -0.3 is 5.73 Å². The molecule has 0 saturated heterocycles. The Bertz CT molecular complexity index is 158. The van der Waals surface area contributed by atoms with Crippen LogP contribution in [0.4, 0.5) is 0 Å². The van der Waals surface area contributed by atoms with Gasteiger partial charge in [0.1, 0.15) is 5.78 Å². The first-order chi connectivity index (χ1) is 5.89. The van der Waals surface area contributed by atoms with Gasteiger partial charge in [-0.15, -0.1) is 0 Å². The number of rotatable bonds is 5. The third-order valence-corrected chi connectivity index (χ3v) is 2.31. The number of ketones is 1. The van der Waals surface area contributed by atoms with E-state index in [1.54, 1.807) is 0 Å². The molecule has 0 rings (SSSR count). The van der Waals surface area contributed by atoms with Crippen LogP contribution in [0.3, 0.4) is 0 Å². The fourth-order valence-corrected chi connectivity index (χ4v) is 1.19. The van der Waals surface area contributed by atoms with Gasteiger partial charge in [-0.2, -0.15) is 0 Å². The second-order valence-corrected chi connectivity index (χ2v) is 4.77. The summed E-state index contributed by atoms with van der Waals surface area (Å²) >= 11 is 0. The summed E-state index contributed by atoms with van der Waals surface area (Å²) in [6.45, 7) is 8.16. The van der Waals surface area contributed by atoms with Crippen LogP contribution in [-0.2, 0) is 4.79 Å². The molecule has 1 unspecified atom stereocenters. The summed E-state index contributed by atoms with van der Waals surface area (Å²) in [5.41, 5.74) is 5.73. The summed E-state index contributed by atoms with van der Waals surface area (Å²) in [7, 11) is 0. The smallest absolute Gasteiger partial charge is 0.150 e. The number of carbonyl (C=O) groups is 1. The predicted molar refractivity (Wildman–Crippen MR) is 56.6 cm³/mol. The van der Waals surface area contributed by atoms with Gasteiger partial charge in [-0.25, -0.2) is 0 Å². The fourth-order valence-electron chi connectivity index (χ4n) is 1.19. The van der Waals surface area contributed by atoms with Gasteiger partial charge in [0.25, 0.3) is 0 Å². The van der Waals surface area contributed by atoms with Crippen molar-refractivity contribution in [2.24, 2.45) is 11.1 Å². The molecule has 0 heterocycles. The highest BCUT2D eigenvalue weighted by molar-refractivity contribution is 5.84. The number of unbranched alkanes of at least 4 members (excludes halogenated alkanes) is 2. The van der Waals surface area contributed by atoms with Gasteiger partial charge >= 0.3 is 0 Å². The highest BCUT2D eigenvalue weighted by Crippen LogP contribution is 2.19. The van der Waals surface area contributed by atoms with E-state index in [2.05, 4.69) is 6.92 Å². The molecule has 2 nitrogen and oxygen atoms in total. The molecule has 2 heteroatoms. The molecule has 1 atom stereocenters. The average Bonchev–Trinajstić information content (AvgIpc) is 2.01. The molecule has 0 aromatic carbocycles. The van der Waals surface area contributed by atoms with Crippen molar-refractivity contribution < 1.29 is 4.79 Å². The lowest BCUT2D eigenvalue weighted by Gasteiger charge is -2.25. The van der Waals surface area contributed by atoms with Crippen LogP contribution in [0.2, 0.25) is 0 Å². The summed E-state index contributed by atoms with van der Waals surface area (Å²) in [4.78, 5) is 11.5. The number of nitrogens with two attached hydrogens (primary N) is 1. The summed E-state index contributed by atoms with van der Waals surface area (Å²) in [6, 6.07) is -0.302. The SMILES string of the molecule is CCCCCC(=O)C(N)C(C)(C)C. The summed E-state index contributed by atoms with van der Waals surface area (Å²) < 4.78 is 0. The second-order valence-electron chi connectivity index (χ2n) is 4.77. The molecule has 0 fully saturated rings. The van der Waals surface area contributed by atoms with E-state index in [1.165, 1.54) is 0 Å². The lowest BCUT2D eigenvalue weighted by molar-refractivity contribution is -0.122. The Balaban J connectivity index is 3.84. The Morgan fingerprint density at radius 2 is 1.85 bits per heavy atom. The molecule has 0 aliphatic rings. The highest BCUT2D eigenvalue weighted by atomic mass is 16.1. The molecule has 0 aromatic heterocycles. The van der Waals surface area contributed by atoms with Crippen molar-refractivity contribution in [2.75, 3.05) is 0 Å². The van der Waals surface area contributed by atoms with Crippen LogP contribution in [0, 0.1) is 5.41 Å². The first-order valence-corrected chi connectivity index (χ1v) is 5.18. The van der Waals surface area contributed by atoms with Crippen LogP contribution >= 0.6 is 0 Å². The quantitative estimate of drug-likeness (QED) is 0.669. The Hall–Kier alpha value is -0.370.